The molecule has 2 N–H and O–H groups in total. The van der Waals surface area contributed by atoms with Crippen molar-refractivity contribution in [2.45, 2.75) is 0 Å². The van der Waals surface area contributed by atoms with Crippen LogP contribution in [0.1, 0.15) is 5.56 Å². The quantitative estimate of drug-likeness (QED) is 0.846. The Hall–Kier alpha value is -2.30. The van der Waals surface area contributed by atoms with E-state index in [9.17, 15) is 9.59 Å². The van der Waals surface area contributed by atoms with Crippen LogP contribution in [0.5, 0.6) is 0 Å². The van der Waals surface area contributed by atoms with E-state index >= 15 is 0 Å². The minimum atomic E-state index is -0.477. The highest BCUT2D eigenvalue weighted by Crippen LogP contribution is 2.29. The Kier molecular flexibility index (Phi) is 3.88. The highest BCUT2D eigenvalue weighted by atomic mass is 35.5. The van der Waals surface area contributed by atoms with E-state index in [1.165, 1.54) is 0 Å². The number of halogens is 2. The molecular formula is C16H10Cl2N2O2. The molecule has 0 aromatic heterocycles. The molecule has 1 heterocycles. The highest BCUT2D eigenvalue weighted by molar-refractivity contribution is 6.42. The number of hydrogen-bond acceptors (Lipinski definition) is 3. The lowest BCUT2D eigenvalue weighted by Gasteiger charge is -2.09. The zero-order chi connectivity index (χ0) is 15.7. The average molecular weight is 333 g/mol. The monoisotopic (exact) mass is 332 g/mol. The van der Waals surface area contributed by atoms with Crippen molar-refractivity contribution in [1.29, 1.82) is 0 Å². The van der Waals surface area contributed by atoms with E-state index in [1.54, 1.807) is 42.5 Å². The lowest BCUT2D eigenvalue weighted by Crippen LogP contribution is -2.24. The number of imide groups is 1. The third kappa shape index (κ3) is 2.71. The third-order valence-electron chi connectivity index (χ3n) is 3.18. The normalized spacial score (nSPS) is 14.3. The summed E-state index contributed by atoms with van der Waals surface area (Å²) in [7, 11) is 0. The molecule has 1 aliphatic heterocycles. The van der Waals surface area contributed by atoms with Gasteiger partial charge >= 0.3 is 0 Å². The molecule has 1 aliphatic rings. The fourth-order valence-electron chi connectivity index (χ4n) is 2.17. The Morgan fingerprint density at radius 2 is 1.59 bits per heavy atom. The molecule has 0 fully saturated rings. The van der Waals surface area contributed by atoms with Gasteiger partial charge in [-0.3, -0.25) is 14.9 Å². The number of benzene rings is 2. The summed E-state index contributed by atoms with van der Waals surface area (Å²) in [4.78, 5) is 24.0. The molecule has 4 nitrogen and oxygen atoms in total. The van der Waals surface area contributed by atoms with Crippen LogP contribution in [0.4, 0.5) is 5.69 Å². The number of anilines is 1. The summed E-state index contributed by atoms with van der Waals surface area (Å²) in [6.45, 7) is 0. The Labute approximate surface area is 136 Å². The SMILES string of the molecule is O=C1NC(=O)C(c2ccccc2)=C1Nc1ccc(Cl)c(Cl)c1. The summed E-state index contributed by atoms with van der Waals surface area (Å²) < 4.78 is 0. The summed E-state index contributed by atoms with van der Waals surface area (Å²) in [6.07, 6.45) is 0. The number of nitrogens with one attached hydrogen (secondary N) is 2. The maximum atomic E-state index is 12.0. The molecule has 2 aromatic carbocycles. The fraction of sp³-hybridized carbons (Fsp3) is 0. The predicted molar refractivity (Wildman–Crippen MR) is 86.6 cm³/mol. The van der Waals surface area contributed by atoms with Crippen molar-refractivity contribution in [3.05, 3.63) is 69.8 Å². The van der Waals surface area contributed by atoms with Gasteiger partial charge in [-0.1, -0.05) is 53.5 Å². The van der Waals surface area contributed by atoms with Gasteiger partial charge in [-0.15, -0.1) is 0 Å². The van der Waals surface area contributed by atoms with Crippen molar-refractivity contribution in [3.63, 3.8) is 0 Å². The van der Waals surface area contributed by atoms with Crippen LogP contribution in [0.15, 0.2) is 54.2 Å². The smallest absolute Gasteiger partial charge is 0.275 e. The van der Waals surface area contributed by atoms with Gasteiger partial charge in [0.1, 0.15) is 5.70 Å². The number of hydrogen-bond donors (Lipinski definition) is 2. The second-order valence-corrected chi connectivity index (χ2v) is 5.47. The van der Waals surface area contributed by atoms with E-state index in [1.807, 2.05) is 6.07 Å². The highest BCUT2D eigenvalue weighted by Gasteiger charge is 2.31. The second kappa shape index (κ2) is 5.83. The van der Waals surface area contributed by atoms with E-state index in [4.69, 9.17) is 23.2 Å². The lowest BCUT2D eigenvalue weighted by atomic mass is 10.0. The summed E-state index contributed by atoms with van der Waals surface area (Å²) in [6, 6.07) is 13.9. The van der Waals surface area contributed by atoms with Crippen molar-refractivity contribution in [1.82, 2.24) is 5.32 Å². The van der Waals surface area contributed by atoms with Gasteiger partial charge in [0.05, 0.1) is 15.6 Å². The largest absolute Gasteiger partial charge is 0.350 e. The zero-order valence-corrected chi connectivity index (χ0v) is 12.7. The Balaban J connectivity index is 2.04. The van der Waals surface area contributed by atoms with Gasteiger partial charge in [-0.2, -0.15) is 0 Å². The molecule has 0 bridgehead atoms. The summed E-state index contributed by atoms with van der Waals surface area (Å²) >= 11 is 11.8. The minimum Gasteiger partial charge on any atom is -0.350 e. The van der Waals surface area contributed by atoms with Crippen LogP contribution in [-0.2, 0) is 9.59 Å². The van der Waals surface area contributed by atoms with E-state index in [2.05, 4.69) is 10.6 Å². The van der Waals surface area contributed by atoms with Gasteiger partial charge in [0.15, 0.2) is 0 Å². The topological polar surface area (TPSA) is 58.2 Å². The van der Waals surface area contributed by atoms with Crippen molar-refractivity contribution >= 4 is 46.3 Å². The first-order chi connectivity index (χ1) is 10.6. The van der Waals surface area contributed by atoms with E-state index in [0.717, 1.165) is 0 Å². The summed E-state index contributed by atoms with van der Waals surface area (Å²) in [5, 5.41) is 6.00. The van der Waals surface area contributed by atoms with Crippen LogP contribution >= 0.6 is 23.2 Å². The molecular weight excluding hydrogens is 323 g/mol. The summed E-state index contributed by atoms with van der Waals surface area (Å²) in [5.41, 5.74) is 1.72. The van der Waals surface area contributed by atoms with Gasteiger partial charge in [0.2, 0.25) is 0 Å². The maximum absolute atomic E-state index is 12.0. The van der Waals surface area contributed by atoms with Crippen LogP contribution in [0.3, 0.4) is 0 Å². The Morgan fingerprint density at radius 1 is 0.864 bits per heavy atom. The molecule has 0 aliphatic carbocycles. The first kappa shape index (κ1) is 14.6. The van der Waals surface area contributed by atoms with E-state index in [0.29, 0.717) is 26.9 Å². The molecule has 22 heavy (non-hydrogen) atoms. The molecule has 0 spiro atoms. The van der Waals surface area contributed by atoms with Gasteiger partial charge in [0.25, 0.3) is 11.8 Å². The molecule has 110 valence electrons. The lowest BCUT2D eigenvalue weighted by molar-refractivity contribution is -0.123. The van der Waals surface area contributed by atoms with Gasteiger partial charge in [0, 0.05) is 5.69 Å². The number of rotatable bonds is 3. The van der Waals surface area contributed by atoms with E-state index in [-0.39, 0.29) is 5.70 Å². The van der Waals surface area contributed by atoms with Crippen molar-refractivity contribution < 1.29 is 9.59 Å². The fourth-order valence-corrected chi connectivity index (χ4v) is 2.47. The van der Waals surface area contributed by atoms with E-state index < -0.39 is 11.8 Å². The Bertz CT molecular complexity index is 801. The van der Waals surface area contributed by atoms with Gasteiger partial charge in [-0.25, -0.2) is 0 Å². The first-order valence-electron chi connectivity index (χ1n) is 6.43. The molecule has 0 saturated carbocycles. The van der Waals surface area contributed by atoms with Crippen molar-refractivity contribution in [2.75, 3.05) is 5.32 Å². The Morgan fingerprint density at radius 3 is 2.27 bits per heavy atom. The molecule has 0 saturated heterocycles. The first-order valence-corrected chi connectivity index (χ1v) is 7.19. The van der Waals surface area contributed by atoms with Gasteiger partial charge < -0.3 is 5.32 Å². The second-order valence-electron chi connectivity index (χ2n) is 4.65. The molecule has 0 radical (unpaired) electrons. The molecule has 6 heteroatoms. The minimum absolute atomic E-state index is 0.189. The summed E-state index contributed by atoms with van der Waals surface area (Å²) in [5.74, 6) is -0.909. The van der Waals surface area contributed by atoms with Crippen LogP contribution in [0.2, 0.25) is 10.0 Å². The molecule has 3 rings (SSSR count). The molecule has 0 atom stereocenters. The standard InChI is InChI=1S/C16H10Cl2N2O2/c17-11-7-6-10(8-12(11)18)19-14-13(15(21)20-16(14)22)9-4-2-1-3-5-9/h1-8H,(H2,19,20,21,22). The number of amides is 2. The molecule has 2 amide bonds. The molecule has 0 unspecified atom stereocenters. The zero-order valence-electron chi connectivity index (χ0n) is 11.2. The number of carbonyl (C=O) groups is 2. The van der Waals surface area contributed by atoms with Crippen molar-refractivity contribution in [3.8, 4) is 0 Å². The van der Waals surface area contributed by atoms with Crippen molar-refractivity contribution in [2.24, 2.45) is 0 Å². The maximum Gasteiger partial charge on any atom is 0.275 e. The van der Waals surface area contributed by atoms with Crippen LogP contribution < -0.4 is 10.6 Å². The average Bonchev–Trinajstić information content (AvgIpc) is 2.78. The predicted octanol–water partition coefficient (Wildman–Crippen LogP) is 3.47. The van der Waals surface area contributed by atoms with Crippen LogP contribution in [0.25, 0.3) is 5.57 Å². The molecule has 2 aromatic rings. The van der Waals surface area contributed by atoms with Crippen LogP contribution in [0, 0.1) is 0 Å². The third-order valence-corrected chi connectivity index (χ3v) is 3.92. The van der Waals surface area contributed by atoms with Gasteiger partial charge in [-0.05, 0) is 23.8 Å². The number of carbonyl (C=O) groups excluding carboxylic acids is 2. The van der Waals surface area contributed by atoms with Crippen LogP contribution in [-0.4, -0.2) is 11.8 Å².